The normalized spacial score (nSPS) is 17.0. The highest BCUT2D eigenvalue weighted by Crippen LogP contribution is 2.35. The lowest BCUT2D eigenvalue weighted by Crippen LogP contribution is -2.54. The van der Waals surface area contributed by atoms with Gasteiger partial charge in [-0.25, -0.2) is 18.7 Å². The van der Waals surface area contributed by atoms with Crippen molar-refractivity contribution in [3.8, 4) is 22.8 Å². The van der Waals surface area contributed by atoms with E-state index >= 15 is 4.39 Å². The average molecular weight is 560 g/mol. The molecule has 0 N–H and O–H groups in total. The number of piperazine rings is 1. The highest BCUT2D eigenvalue weighted by molar-refractivity contribution is 5.91. The molecule has 1 amide bonds. The minimum Gasteiger partial charge on any atom is -0.491 e. The zero-order valence-corrected chi connectivity index (χ0v) is 23.1. The second-order valence-corrected chi connectivity index (χ2v) is 10.5. The van der Waals surface area contributed by atoms with E-state index in [9.17, 15) is 9.59 Å². The Bertz CT molecular complexity index is 1730. The molecule has 0 saturated carbocycles. The number of halogens is 1. The Morgan fingerprint density at radius 2 is 2.07 bits per heavy atom. The van der Waals surface area contributed by atoms with Crippen molar-refractivity contribution < 1.29 is 13.9 Å². The number of hydrogen-bond donors (Lipinski definition) is 0. The molecule has 6 rings (SSSR count). The first-order valence-corrected chi connectivity index (χ1v) is 13.6. The lowest BCUT2D eigenvalue weighted by atomic mass is 10.1. The van der Waals surface area contributed by atoms with Gasteiger partial charge in [0.1, 0.15) is 28.6 Å². The fourth-order valence-corrected chi connectivity index (χ4v) is 5.45. The molecule has 4 aromatic heterocycles. The van der Waals surface area contributed by atoms with Gasteiger partial charge in [-0.3, -0.25) is 14.5 Å². The van der Waals surface area contributed by atoms with Crippen LogP contribution in [0.25, 0.3) is 28.1 Å². The van der Waals surface area contributed by atoms with E-state index in [0.717, 1.165) is 0 Å². The molecule has 2 aliphatic rings. The summed E-state index contributed by atoms with van der Waals surface area (Å²) < 4.78 is 25.0. The Hall–Kier alpha value is -4.68. The van der Waals surface area contributed by atoms with Crippen molar-refractivity contribution in [1.29, 1.82) is 0 Å². The Morgan fingerprint density at radius 3 is 2.83 bits per heavy atom. The number of aryl methyl sites for hydroxylation is 1. The van der Waals surface area contributed by atoms with Gasteiger partial charge in [0.25, 0.3) is 0 Å². The number of fused-ring (bicyclic) bond motifs is 6. The zero-order valence-electron chi connectivity index (χ0n) is 23.1. The third-order valence-corrected chi connectivity index (χ3v) is 7.44. The molecule has 0 aliphatic carbocycles. The van der Waals surface area contributed by atoms with Crippen LogP contribution in [0.4, 0.5) is 10.2 Å². The van der Waals surface area contributed by atoms with Gasteiger partial charge in [-0.2, -0.15) is 4.98 Å². The molecule has 4 bridgehead atoms. The second-order valence-electron chi connectivity index (χ2n) is 10.5. The van der Waals surface area contributed by atoms with Crippen molar-refractivity contribution in [3.63, 3.8) is 0 Å². The summed E-state index contributed by atoms with van der Waals surface area (Å²) in [6.45, 7) is 11.5. The standard InChI is InChI=1S/C28H30FN9O3/c1-5-22(39)35-10-11-37(17(4)14-35)26-18-13-19(29)24-20-15-36(34-33-20)9-6-12-41-21-7-8-30-23(16(2)3)25(21)38(27(18)31-24)28(40)32-26/h5,7-8,13,15-17H,1,6,9-12,14H2,2-4H3/t17-/m0/s1. The molecule has 4 aromatic rings. The summed E-state index contributed by atoms with van der Waals surface area (Å²) in [7, 11) is 0. The first kappa shape index (κ1) is 26.5. The molecule has 12 nitrogen and oxygen atoms in total. The van der Waals surface area contributed by atoms with Crippen molar-refractivity contribution in [2.75, 3.05) is 31.1 Å². The monoisotopic (exact) mass is 559 g/mol. The molecule has 1 atom stereocenters. The average Bonchev–Trinajstić information content (AvgIpc) is 3.43. The van der Waals surface area contributed by atoms with Crippen LogP contribution in [0.1, 0.15) is 38.8 Å². The van der Waals surface area contributed by atoms with E-state index in [1.807, 2.05) is 25.7 Å². The minimum absolute atomic E-state index is 0.0276. The van der Waals surface area contributed by atoms with Gasteiger partial charge in [-0.15, -0.1) is 5.10 Å². The maximum absolute atomic E-state index is 15.8. The summed E-state index contributed by atoms with van der Waals surface area (Å²) in [6.07, 6.45) is 5.17. The number of carbonyl (C=O) groups excluding carboxylic acids is 1. The summed E-state index contributed by atoms with van der Waals surface area (Å²) in [4.78, 5) is 43.6. The van der Waals surface area contributed by atoms with Crippen LogP contribution in [0, 0.1) is 5.82 Å². The maximum Gasteiger partial charge on any atom is 0.356 e. The van der Waals surface area contributed by atoms with E-state index in [1.165, 1.54) is 16.7 Å². The Kier molecular flexibility index (Phi) is 6.72. The molecule has 0 aromatic carbocycles. The molecule has 0 spiro atoms. The van der Waals surface area contributed by atoms with Crippen LogP contribution in [0.3, 0.4) is 0 Å². The van der Waals surface area contributed by atoms with Crippen molar-refractivity contribution in [2.45, 2.75) is 45.7 Å². The zero-order chi connectivity index (χ0) is 28.8. The Balaban J connectivity index is 1.64. The quantitative estimate of drug-likeness (QED) is 0.349. The van der Waals surface area contributed by atoms with Crippen molar-refractivity contribution >= 4 is 22.8 Å². The number of nitrogens with zero attached hydrogens (tertiary/aromatic N) is 9. The number of anilines is 1. The van der Waals surface area contributed by atoms with Gasteiger partial charge in [0.15, 0.2) is 11.5 Å². The van der Waals surface area contributed by atoms with Crippen LogP contribution in [-0.2, 0) is 11.3 Å². The Morgan fingerprint density at radius 1 is 1.24 bits per heavy atom. The lowest BCUT2D eigenvalue weighted by molar-refractivity contribution is -0.126. The smallest absolute Gasteiger partial charge is 0.356 e. The van der Waals surface area contributed by atoms with E-state index in [4.69, 9.17) is 9.72 Å². The predicted molar refractivity (Wildman–Crippen MR) is 150 cm³/mol. The van der Waals surface area contributed by atoms with E-state index in [0.29, 0.717) is 67.5 Å². The van der Waals surface area contributed by atoms with Gasteiger partial charge in [0.2, 0.25) is 5.91 Å². The largest absolute Gasteiger partial charge is 0.491 e. The van der Waals surface area contributed by atoms with E-state index in [2.05, 4.69) is 26.9 Å². The number of hydrogen-bond acceptors (Lipinski definition) is 9. The highest BCUT2D eigenvalue weighted by atomic mass is 19.1. The molecule has 0 radical (unpaired) electrons. The molecule has 1 fully saturated rings. The predicted octanol–water partition coefficient (Wildman–Crippen LogP) is 2.70. The van der Waals surface area contributed by atoms with Crippen molar-refractivity contribution in [2.24, 2.45) is 0 Å². The molecule has 0 unspecified atom stereocenters. The number of aromatic nitrogens is 7. The minimum atomic E-state index is -0.618. The van der Waals surface area contributed by atoms with E-state index in [-0.39, 0.29) is 34.9 Å². The summed E-state index contributed by atoms with van der Waals surface area (Å²) in [6, 6.07) is 2.84. The fourth-order valence-electron chi connectivity index (χ4n) is 5.45. The second kappa shape index (κ2) is 10.4. The number of carbonyl (C=O) groups is 1. The third-order valence-electron chi connectivity index (χ3n) is 7.44. The number of ether oxygens (including phenoxy) is 1. The van der Waals surface area contributed by atoms with Crippen LogP contribution in [-0.4, -0.2) is 77.6 Å². The number of rotatable bonds is 3. The highest BCUT2D eigenvalue weighted by Gasteiger charge is 2.31. The van der Waals surface area contributed by atoms with Crippen LogP contribution in [0.15, 0.2) is 42.0 Å². The Labute approximate surface area is 235 Å². The van der Waals surface area contributed by atoms with Gasteiger partial charge >= 0.3 is 5.69 Å². The molecule has 41 heavy (non-hydrogen) atoms. The fraction of sp³-hybridized carbons (Fsp3) is 0.393. The lowest BCUT2D eigenvalue weighted by Gasteiger charge is -2.40. The molecule has 2 aliphatic heterocycles. The van der Waals surface area contributed by atoms with Crippen LogP contribution < -0.4 is 15.3 Å². The summed E-state index contributed by atoms with van der Waals surface area (Å²) in [5, 5.41) is 8.61. The first-order chi connectivity index (χ1) is 19.8. The van der Waals surface area contributed by atoms with E-state index < -0.39 is 11.5 Å². The van der Waals surface area contributed by atoms with Crippen LogP contribution in [0.2, 0.25) is 0 Å². The van der Waals surface area contributed by atoms with Gasteiger partial charge in [-0.1, -0.05) is 25.6 Å². The molecule has 212 valence electrons. The van der Waals surface area contributed by atoms with Gasteiger partial charge in [0.05, 0.1) is 23.9 Å². The molecule has 6 heterocycles. The van der Waals surface area contributed by atoms with Crippen LogP contribution in [0.5, 0.6) is 5.75 Å². The maximum atomic E-state index is 15.8. The van der Waals surface area contributed by atoms with Crippen LogP contribution >= 0.6 is 0 Å². The van der Waals surface area contributed by atoms with Crippen molar-refractivity contribution in [3.05, 3.63) is 59.2 Å². The van der Waals surface area contributed by atoms with Gasteiger partial charge in [-0.05, 0) is 25.0 Å². The third kappa shape index (κ3) is 4.60. The summed E-state index contributed by atoms with van der Waals surface area (Å²) in [5.41, 5.74) is 0.866. The molecular formula is C28H30FN9O3. The van der Waals surface area contributed by atoms with E-state index in [1.54, 1.807) is 28.0 Å². The molecule has 1 saturated heterocycles. The summed E-state index contributed by atoms with van der Waals surface area (Å²) in [5.74, 6) is -0.106. The van der Waals surface area contributed by atoms with Crippen molar-refractivity contribution in [1.82, 2.24) is 39.4 Å². The molecular weight excluding hydrogens is 529 g/mol. The van der Waals surface area contributed by atoms with Gasteiger partial charge < -0.3 is 14.5 Å². The number of pyridine rings is 2. The topological polar surface area (TPSA) is 124 Å². The number of amides is 1. The van der Waals surface area contributed by atoms with Gasteiger partial charge in [0, 0.05) is 50.9 Å². The molecule has 13 heteroatoms. The first-order valence-electron chi connectivity index (χ1n) is 13.6. The SMILES string of the molecule is C=CC(=O)N1CCN(c2nc(=O)n3c4nc(c(F)cc24)-c2cn(nn2)CCCOc2ccnc(C(C)C)c2-3)[C@@H](C)C1. The summed E-state index contributed by atoms with van der Waals surface area (Å²) >= 11 is 0.